The molecule has 1 saturated heterocycles. The summed E-state index contributed by atoms with van der Waals surface area (Å²) in [5, 5.41) is 17.5. The molecule has 2 atom stereocenters. The Morgan fingerprint density at radius 1 is 0.974 bits per heavy atom. The van der Waals surface area contributed by atoms with E-state index in [1.165, 1.54) is 0 Å². The monoisotopic (exact) mass is 524 g/mol. The maximum atomic E-state index is 13.0. The maximum absolute atomic E-state index is 13.0. The van der Waals surface area contributed by atoms with Gasteiger partial charge in [0.1, 0.15) is 6.04 Å². The van der Waals surface area contributed by atoms with Crippen LogP contribution in [0.2, 0.25) is 0 Å². The van der Waals surface area contributed by atoms with Gasteiger partial charge in [-0.1, -0.05) is 38.1 Å². The Balaban J connectivity index is 1.38. The molecule has 0 spiro atoms. The molecule has 2 aromatic carbocycles. The van der Waals surface area contributed by atoms with Crippen molar-refractivity contribution >= 4 is 34.5 Å². The summed E-state index contributed by atoms with van der Waals surface area (Å²) in [7, 11) is 0. The molecular formula is C28H36N4O6. The number of hydrogen-bond acceptors (Lipinski definition) is 7. The second kappa shape index (κ2) is 12.5. The first-order valence-electron chi connectivity index (χ1n) is 13.2. The van der Waals surface area contributed by atoms with Crippen LogP contribution in [0, 0.1) is 5.92 Å². The molecule has 2 aliphatic heterocycles. The Morgan fingerprint density at radius 3 is 2.13 bits per heavy atom. The Labute approximate surface area is 222 Å². The number of rotatable bonds is 12. The smallest absolute Gasteiger partial charge is 0.320 e. The van der Waals surface area contributed by atoms with Gasteiger partial charge < -0.3 is 15.2 Å². The Kier molecular flexibility index (Phi) is 9.09. The first kappa shape index (κ1) is 27.7. The first-order valence-corrected chi connectivity index (χ1v) is 13.2. The van der Waals surface area contributed by atoms with Crippen molar-refractivity contribution in [1.29, 1.82) is 0 Å². The van der Waals surface area contributed by atoms with Crippen molar-refractivity contribution in [3.63, 3.8) is 0 Å². The third-order valence-electron chi connectivity index (χ3n) is 7.03. The fraction of sp³-hybridized carbons (Fsp3) is 0.500. The highest BCUT2D eigenvalue weighted by atomic mass is 16.5. The van der Waals surface area contributed by atoms with Gasteiger partial charge in [0.2, 0.25) is 5.91 Å². The van der Waals surface area contributed by atoms with Crippen LogP contribution >= 0.6 is 0 Å². The molecule has 3 N–H and O–H groups in total. The molecule has 1 fully saturated rings. The molecule has 4 rings (SSSR count). The van der Waals surface area contributed by atoms with Gasteiger partial charge >= 0.3 is 5.97 Å². The Morgan fingerprint density at radius 2 is 1.58 bits per heavy atom. The minimum Gasteiger partial charge on any atom is -0.480 e. The molecule has 3 amide bonds. The lowest BCUT2D eigenvalue weighted by Crippen LogP contribution is -2.53. The number of amides is 3. The summed E-state index contributed by atoms with van der Waals surface area (Å²) in [6, 6.07) is 9.07. The number of carboxylic acids is 1. The number of hydrogen-bond donors (Lipinski definition) is 3. The molecule has 2 heterocycles. The highest BCUT2D eigenvalue weighted by Crippen LogP contribution is 2.28. The fourth-order valence-corrected chi connectivity index (χ4v) is 4.97. The van der Waals surface area contributed by atoms with E-state index >= 15 is 0 Å². The first-order chi connectivity index (χ1) is 18.2. The van der Waals surface area contributed by atoms with Gasteiger partial charge in [-0.2, -0.15) is 0 Å². The molecule has 204 valence electrons. The molecule has 10 nitrogen and oxygen atoms in total. The summed E-state index contributed by atoms with van der Waals surface area (Å²) in [5.74, 6) is -2.11. The molecule has 38 heavy (non-hydrogen) atoms. The lowest BCUT2D eigenvalue weighted by atomic mass is 10.0. The average Bonchev–Trinajstić information content (AvgIpc) is 3.13. The zero-order valence-corrected chi connectivity index (χ0v) is 21.9. The van der Waals surface area contributed by atoms with E-state index in [0.717, 1.165) is 28.8 Å². The van der Waals surface area contributed by atoms with Crippen molar-refractivity contribution in [2.24, 2.45) is 5.92 Å². The molecule has 2 aromatic rings. The Hall–Kier alpha value is -3.34. The van der Waals surface area contributed by atoms with Crippen LogP contribution in [0.5, 0.6) is 0 Å². The van der Waals surface area contributed by atoms with Crippen LogP contribution in [0.3, 0.4) is 0 Å². The molecule has 0 aromatic heterocycles. The van der Waals surface area contributed by atoms with Gasteiger partial charge in [0.25, 0.3) is 11.8 Å². The number of nitrogens with one attached hydrogen (secondary N) is 2. The summed E-state index contributed by atoms with van der Waals surface area (Å²) < 4.78 is 5.34. The zero-order chi connectivity index (χ0) is 27.2. The van der Waals surface area contributed by atoms with E-state index in [4.69, 9.17) is 4.74 Å². The number of carbonyl (C=O) groups excluding carboxylic acids is 3. The van der Waals surface area contributed by atoms with E-state index in [1.54, 1.807) is 12.1 Å². The van der Waals surface area contributed by atoms with Gasteiger partial charge in [-0.25, -0.2) is 0 Å². The quantitative estimate of drug-likeness (QED) is 0.358. The minimum absolute atomic E-state index is 0.0179. The average molecular weight is 525 g/mol. The van der Waals surface area contributed by atoms with E-state index in [1.807, 2.05) is 38.1 Å². The lowest BCUT2D eigenvalue weighted by Gasteiger charge is -2.28. The van der Waals surface area contributed by atoms with Crippen LogP contribution < -0.4 is 10.6 Å². The SMILES string of the molecule is CC(C)CC(NC(CCN1C(=O)c2cc3ccccc3cc2C1=O)C(=O)O)C(=O)NCCN1CCOCC1. The van der Waals surface area contributed by atoms with Crippen LogP contribution in [0.25, 0.3) is 10.8 Å². The molecule has 0 saturated carbocycles. The molecule has 10 heteroatoms. The minimum atomic E-state index is -1.14. The van der Waals surface area contributed by atoms with E-state index < -0.39 is 29.9 Å². The highest BCUT2D eigenvalue weighted by Gasteiger charge is 2.37. The molecule has 0 radical (unpaired) electrons. The van der Waals surface area contributed by atoms with E-state index in [9.17, 15) is 24.3 Å². The second-order valence-electron chi connectivity index (χ2n) is 10.3. The number of carboxylic acid groups (broad SMARTS) is 1. The fourth-order valence-electron chi connectivity index (χ4n) is 4.97. The van der Waals surface area contributed by atoms with E-state index in [2.05, 4.69) is 15.5 Å². The maximum Gasteiger partial charge on any atom is 0.320 e. The highest BCUT2D eigenvalue weighted by molar-refractivity contribution is 6.23. The van der Waals surface area contributed by atoms with Gasteiger partial charge in [0, 0.05) is 32.7 Å². The Bertz CT molecular complexity index is 1140. The van der Waals surface area contributed by atoms with Crippen molar-refractivity contribution < 1.29 is 29.0 Å². The lowest BCUT2D eigenvalue weighted by molar-refractivity contribution is -0.140. The van der Waals surface area contributed by atoms with E-state index in [-0.39, 0.29) is 24.8 Å². The molecular weight excluding hydrogens is 488 g/mol. The van der Waals surface area contributed by atoms with Crippen molar-refractivity contribution in [1.82, 2.24) is 20.4 Å². The number of carbonyl (C=O) groups is 4. The van der Waals surface area contributed by atoms with Crippen LogP contribution in [0.4, 0.5) is 0 Å². The predicted molar refractivity (Wildman–Crippen MR) is 142 cm³/mol. The third-order valence-corrected chi connectivity index (χ3v) is 7.03. The molecule has 0 bridgehead atoms. The summed E-state index contributed by atoms with van der Waals surface area (Å²) in [4.78, 5) is 54.4. The molecule has 0 aliphatic carbocycles. The van der Waals surface area contributed by atoms with Crippen LogP contribution in [-0.2, 0) is 14.3 Å². The van der Waals surface area contributed by atoms with Crippen molar-refractivity contribution in [3.05, 3.63) is 47.5 Å². The summed E-state index contributed by atoms with van der Waals surface area (Å²) in [5.41, 5.74) is 0.650. The summed E-state index contributed by atoms with van der Waals surface area (Å²) in [6.07, 6.45) is 0.433. The van der Waals surface area contributed by atoms with Crippen molar-refractivity contribution in [3.8, 4) is 0 Å². The topological polar surface area (TPSA) is 128 Å². The number of morpholine rings is 1. The zero-order valence-electron chi connectivity index (χ0n) is 21.9. The van der Waals surface area contributed by atoms with E-state index in [0.29, 0.717) is 43.9 Å². The summed E-state index contributed by atoms with van der Waals surface area (Å²) in [6.45, 7) is 8.00. The van der Waals surface area contributed by atoms with Crippen molar-refractivity contribution in [2.75, 3.05) is 45.9 Å². The molecule has 2 aliphatic rings. The normalized spacial score (nSPS) is 17.6. The van der Waals surface area contributed by atoms with Gasteiger partial charge in [-0.15, -0.1) is 0 Å². The van der Waals surface area contributed by atoms with Gasteiger partial charge in [0.05, 0.1) is 30.4 Å². The van der Waals surface area contributed by atoms with Crippen molar-refractivity contribution in [2.45, 2.75) is 38.8 Å². The largest absolute Gasteiger partial charge is 0.480 e. The second-order valence-corrected chi connectivity index (χ2v) is 10.3. The number of fused-ring (bicyclic) bond motifs is 2. The number of imide groups is 1. The number of benzene rings is 2. The predicted octanol–water partition coefficient (Wildman–Crippen LogP) is 1.73. The summed E-state index contributed by atoms with van der Waals surface area (Å²) >= 11 is 0. The van der Waals surface area contributed by atoms with Gasteiger partial charge in [-0.3, -0.25) is 34.3 Å². The van der Waals surface area contributed by atoms with Gasteiger partial charge in [0.15, 0.2) is 0 Å². The van der Waals surface area contributed by atoms with Crippen LogP contribution in [0.1, 0.15) is 47.4 Å². The number of ether oxygens (including phenoxy) is 1. The number of nitrogens with zero attached hydrogens (tertiary/aromatic N) is 2. The third kappa shape index (κ3) is 6.56. The van der Waals surface area contributed by atoms with Gasteiger partial charge in [-0.05, 0) is 41.7 Å². The standard InChI is InChI=1S/C28H36N4O6/c1-18(2)15-24(25(33)29-8-10-31-11-13-38-14-12-31)30-23(28(36)37)7-9-32-26(34)21-16-19-5-3-4-6-20(19)17-22(21)27(32)35/h3-6,16-18,23-24,30H,7-15H2,1-2H3,(H,29,33)(H,36,37). The van der Waals surface area contributed by atoms with Crippen LogP contribution in [0.15, 0.2) is 36.4 Å². The number of aliphatic carboxylic acids is 1. The molecule has 2 unspecified atom stereocenters. The van der Waals surface area contributed by atoms with Crippen LogP contribution in [-0.4, -0.2) is 96.6 Å².